The molecule has 0 radical (unpaired) electrons. The molecule has 2 heterocycles. The molecule has 4 unspecified atom stereocenters. The lowest BCUT2D eigenvalue weighted by Gasteiger charge is -2.51. The van der Waals surface area contributed by atoms with Gasteiger partial charge in [0.2, 0.25) is 17.1 Å². The van der Waals surface area contributed by atoms with E-state index in [1.165, 1.54) is 12.1 Å². The van der Waals surface area contributed by atoms with Gasteiger partial charge in [0.1, 0.15) is 11.9 Å². The first-order valence-corrected chi connectivity index (χ1v) is 9.34. The Morgan fingerprint density at radius 1 is 1.19 bits per heavy atom. The number of nitriles is 3. The molecule has 27 heavy (non-hydrogen) atoms. The van der Waals surface area contributed by atoms with Crippen molar-refractivity contribution < 1.29 is 13.9 Å². The monoisotopic (exact) mass is 428 g/mol. The molecule has 136 valence electrons. The van der Waals surface area contributed by atoms with Crippen LogP contribution in [0.15, 0.2) is 22.7 Å². The Balaban J connectivity index is 2.02. The number of benzene rings is 1. The SMILES string of the molecule is N#CC1(C#N)C(c2ccc(Br)cc2F)OC23CCCCC2C1(C#N)C(=N)O3. The van der Waals surface area contributed by atoms with Crippen LogP contribution in [0.25, 0.3) is 0 Å². The van der Waals surface area contributed by atoms with Gasteiger partial charge >= 0.3 is 0 Å². The number of hydrogen-bond donors (Lipinski definition) is 1. The van der Waals surface area contributed by atoms with E-state index in [4.69, 9.17) is 14.9 Å². The molecule has 1 N–H and O–H groups in total. The molecule has 3 aliphatic rings. The molecule has 4 atom stereocenters. The summed E-state index contributed by atoms with van der Waals surface area (Å²) in [6.45, 7) is 0. The normalized spacial score (nSPS) is 35.9. The zero-order valence-electron chi connectivity index (χ0n) is 14.1. The van der Waals surface area contributed by atoms with E-state index in [-0.39, 0.29) is 5.56 Å². The molecule has 3 fully saturated rings. The van der Waals surface area contributed by atoms with Crippen molar-refractivity contribution in [2.75, 3.05) is 0 Å². The maximum absolute atomic E-state index is 14.8. The van der Waals surface area contributed by atoms with E-state index in [2.05, 4.69) is 22.0 Å². The Hall–Kier alpha value is -2.47. The third-order valence-electron chi connectivity index (χ3n) is 6.06. The second-order valence-electron chi connectivity index (χ2n) is 7.16. The van der Waals surface area contributed by atoms with Gasteiger partial charge < -0.3 is 9.47 Å². The average Bonchev–Trinajstić information content (AvgIpc) is 2.87. The van der Waals surface area contributed by atoms with E-state index in [0.717, 1.165) is 12.8 Å². The molecule has 1 aliphatic carbocycles. The molecule has 0 amide bonds. The van der Waals surface area contributed by atoms with Crippen molar-refractivity contribution in [3.05, 3.63) is 34.1 Å². The third kappa shape index (κ3) is 1.96. The van der Waals surface area contributed by atoms with Gasteiger partial charge in [0.25, 0.3) is 0 Å². The minimum absolute atomic E-state index is 0.00243. The lowest BCUT2D eigenvalue weighted by molar-refractivity contribution is -0.295. The molecule has 1 aromatic rings. The number of nitrogens with one attached hydrogen (secondary N) is 1. The van der Waals surface area contributed by atoms with E-state index >= 15 is 0 Å². The summed E-state index contributed by atoms with van der Waals surface area (Å²) < 4.78 is 27.2. The number of nitrogens with zero attached hydrogens (tertiary/aromatic N) is 3. The Bertz CT molecular complexity index is 963. The summed E-state index contributed by atoms with van der Waals surface area (Å²) in [5, 5.41) is 38.6. The number of ether oxygens (including phenoxy) is 2. The van der Waals surface area contributed by atoms with E-state index in [9.17, 15) is 20.2 Å². The standard InChI is InChI=1S/C19H14BrFN4O2/c20-11-4-5-12(13(21)7-11)15-17(8-22,9-23)18(10-24)14-3-1-2-6-19(14,26-15)27-16(18)25/h4-5,7,14-15,25H,1-3,6H2. The van der Waals surface area contributed by atoms with Crippen LogP contribution in [-0.4, -0.2) is 11.7 Å². The quantitative estimate of drug-likeness (QED) is 0.722. The van der Waals surface area contributed by atoms with Crippen LogP contribution in [0, 0.1) is 62.0 Å². The van der Waals surface area contributed by atoms with Crippen LogP contribution in [0.4, 0.5) is 4.39 Å². The van der Waals surface area contributed by atoms with Gasteiger partial charge in [-0.1, -0.05) is 28.4 Å². The van der Waals surface area contributed by atoms with Crippen molar-refractivity contribution in [2.45, 2.75) is 37.6 Å². The first kappa shape index (κ1) is 17.9. The molecule has 2 bridgehead atoms. The Morgan fingerprint density at radius 2 is 1.93 bits per heavy atom. The summed E-state index contributed by atoms with van der Waals surface area (Å²) in [7, 11) is 0. The lowest BCUT2D eigenvalue weighted by Crippen LogP contribution is -2.60. The van der Waals surface area contributed by atoms with Gasteiger partial charge in [-0.05, 0) is 25.0 Å². The van der Waals surface area contributed by atoms with Crippen molar-refractivity contribution >= 4 is 21.8 Å². The lowest BCUT2D eigenvalue weighted by atomic mass is 9.51. The van der Waals surface area contributed by atoms with Gasteiger partial charge in [-0.15, -0.1) is 0 Å². The number of hydrogen-bond acceptors (Lipinski definition) is 6. The molecule has 8 heteroatoms. The molecule has 0 aromatic heterocycles. The molecule has 2 aliphatic heterocycles. The van der Waals surface area contributed by atoms with Gasteiger partial charge in [0.05, 0.1) is 24.1 Å². The van der Waals surface area contributed by atoms with Crippen LogP contribution >= 0.6 is 15.9 Å². The van der Waals surface area contributed by atoms with E-state index in [1.807, 2.05) is 12.1 Å². The van der Waals surface area contributed by atoms with Gasteiger partial charge in [-0.3, -0.25) is 5.41 Å². The highest BCUT2D eigenvalue weighted by Gasteiger charge is 2.80. The number of halogens is 2. The summed E-state index contributed by atoms with van der Waals surface area (Å²) in [6.07, 6.45) is 1.10. The Kier molecular flexibility index (Phi) is 3.82. The highest BCUT2D eigenvalue weighted by Crippen LogP contribution is 2.69. The molecular formula is C19H14BrFN4O2. The van der Waals surface area contributed by atoms with Crippen LogP contribution < -0.4 is 0 Å². The highest BCUT2D eigenvalue weighted by atomic mass is 79.9. The topological polar surface area (TPSA) is 114 Å². The van der Waals surface area contributed by atoms with Gasteiger partial charge in [-0.25, -0.2) is 4.39 Å². The smallest absolute Gasteiger partial charge is 0.217 e. The second kappa shape index (κ2) is 5.76. The predicted octanol–water partition coefficient (Wildman–Crippen LogP) is 4.10. The summed E-state index contributed by atoms with van der Waals surface area (Å²) >= 11 is 3.18. The van der Waals surface area contributed by atoms with E-state index < -0.39 is 40.4 Å². The van der Waals surface area contributed by atoms with Gasteiger partial charge in [0.15, 0.2) is 5.41 Å². The Morgan fingerprint density at radius 3 is 2.56 bits per heavy atom. The average molecular weight is 429 g/mol. The second-order valence-corrected chi connectivity index (χ2v) is 8.07. The number of rotatable bonds is 1. The first-order chi connectivity index (χ1) is 12.9. The van der Waals surface area contributed by atoms with Crippen molar-refractivity contribution in [3.8, 4) is 18.2 Å². The molecule has 1 aromatic carbocycles. The van der Waals surface area contributed by atoms with Crippen LogP contribution in [0.2, 0.25) is 0 Å². The zero-order valence-corrected chi connectivity index (χ0v) is 15.7. The summed E-state index contributed by atoms with van der Waals surface area (Å²) in [6, 6.07) is 10.2. The fourth-order valence-electron chi connectivity index (χ4n) is 4.85. The minimum atomic E-state index is -2.10. The zero-order chi connectivity index (χ0) is 19.4. The van der Waals surface area contributed by atoms with Crippen molar-refractivity contribution in [2.24, 2.45) is 16.7 Å². The summed E-state index contributed by atoms with van der Waals surface area (Å²) in [5.41, 5.74) is -3.91. The highest BCUT2D eigenvalue weighted by molar-refractivity contribution is 9.10. The molecule has 1 saturated carbocycles. The van der Waals surface area contributed by atoms with Crippen LogP contribution in [0.5, 0.6) is 0 Å². The summed E-state index contributed by atoms with van der Waals surface area (Å²) in [4.78, 5) is 0. The van der Waals surface area contributed by atoms with Crippen LogP contribution in [0.3, 0.4) is 0 Å². The minimum Gasteiger partial charge on any atom is -0.447 e. The fraction of sp³-hybridized carbons (Fsp3) is 0.474. The van der Waals surface area contributed by atoms with Gasteiger partial charge in [0, 0.05) is 16.5 Å². The third-order valence-corrected chi connectivity index (χ3v) is 6.55. The predicted molar refractivity (Wildman–Crippen MR) is 93.1 cm³/mol. The van der Waals surface area contributed by atoms with Crippen molar-refractivity contribution in [1.82, 2.24) is 0 Å². The summed E-state index contributed by atoms with van der Waals surface area (Å²) in [5.74, 6) is -2.99. The largest absolute Gasteiger partial charge is 0.447 e. The molecule has 6 nitrogen and oxygen atoms in total. The van der Waals surface area contributed by atoms with Crippen LogP contribution in [0.1, 0.15) is 37.4 Å². The first-order valence-electron chi connectivity index (χ1n) is 8.55. The van der Waals surface area contributed by atoms with Crippen LogP contribution in [-0.2, 0) is 9.47 Å². The molecule has 2 saturated heterocycles. The van der Waals surface area contributed by atoms with E-state index in [1.54, 1.807) is 6.07 Å². The van der Waals surface area contributed by atoms with E-state index in [0.29, 0.717) is 17.3 Å². The molecular weight excluding hydrogens is 415 g/mol. The maximum Gasteiger partial charge on any atom is 0.217 e. The van der Waals surface area contributed by atoms with Crippen molar-refractivity contribution in [3.63, 3.8) is 0 Å². The fourth-order valence-corrected chi connectivity index (χ4v) is 5.19. The molecule has 0 spiro atoms. The Labute approximate surface area is 163 Å². The van der Waals surface area contributed by atoms with Gasteiger partial charge in [-0.2, -0.15) is 15.8 Å². The molecule has 4 rings (SSSR count). The van der Waals surface area contributed by atoms with Crippen molar-refractivity contribution in [1.29, 1.82) is 21.2 Å². The maximum atomic E-state index is 14.8.